The van der Waals surface area contributed by atoms with Gasteiger partial charge in [-0.25, -0.2) is 8.42 Å². The Kier molecular flexibility index (Phi) is 4.40. The molecule has 0 bridgehead atoms. The van der Waals surface area contributed by atoms with Crippen molar-refractivity contribution in [3.63, 3.8) is 0 Å². The summed E-state index contributed by atoms with van der Waals surface area (Å²) in [5.74, 6) is 0. The molecule has 0 amide bonds. The van der Waals surface area contributed by atoms with Gasteiger partial charge in [0.2, 0.25) is 0 Å². The molecule has 0 radical (unpaired) electrons. The Labute approximate surface area is 129 Å². The Morgan fingerprint density at radius 3 is 2.32 bits per heavy atom. The third-order valence-corrected chi connectivity index (χ3v) is 4.97. The Bertz CT molecular complexity index is 719. The van der Waals surface area contributed by atoms with Crippen LogP contribution >= 0.6 is 39.1 Å². The maximum absolute atomic E-state index is 12.2. The molecule has 100 valence electrons. The van der Waals surface area contributed by atoms with Crippen LogP contribution in [0.5, 0.6) is 0 Å². The summed E-state index contributed by atoms with van der Waals surface area (Å²) >= 11 is 15.1. The van der Waals surface area contributed by atoms with Gasteiger partial charge in [-0.3, -0.25) is 4.72 Å². The van der Waals surface area contributed by atoms with E-state index in [4.69, 9.17) is 23.2 Å². The van der Waals surface area contributed by atoms with Crippen LogP contribution in [-0.2, 0) is 10.0 Å². The second kappa shape index (κ2) is 5.71. The molecule has 0 atom stereocenters. The van der Waals surface area contributed by atoms with E-state index in [1.54, 1.807) is 30.3 Å². The summed E-state index contributed by atoms with van der Waals surface area (Å²) < 4.78 is 27.6. The Hall–Kier alpha value is -0.750. The van der Waals surface area contributed by atoms with Crippen LogP contribution in [0, 0.1) is 0 Å². The normalized spacial score (nSPS) is 11.3. The van der Waals surface area contributed by atoms with Crippen molar-refractivity contribution in [3.8, 4) is 0 Å². The lowest BCUT2D eigenvalue weighted by Crippen LogP contribution is -2.13. The van der Waals surface area contributed by atoms with Crippen LogP contribution in [0.1, 0.15) is 0 Å². The average molecular weight is 381 g/mol. The van der Waals surface area contributed by atoms with E-state index in [2.05, 4.69) is 20.7 Å². The Morgan fingerprint density at radius 2 is 1.68 bits per heavy atom. The van der Waals surface area contributed by atoms with Crippen LogP contribution < -0.4 is 4.72 Å². The van der Waals surface area contributed by atoms with Crippen LogP contribution in [0.25, 0.3) is 0 Å². The number of anilines is 1. The molecular formula is C12H8BrCl2NO2S. The predicted octanol–water partition coefficient (Wildman–Crippen LogP) is 4.56. The van der Waals surface area contributed by atoms with E-state index in [1.807, 2.05) is 0 Å². The highest BCUT2D eigenvalue weighted by Crippen LogP contribution is 2.29. The van der Waals surface area contributed by atoms with Gasteiger partial charge in [0.15, 0.2) is 0 Å². The third-order valence-electron chi connectivity index (χ3n) is 2.30. The van der Waals surface area contributed by atoms with Gasteiger partial charge >= 0.3 is 0 Å². The van der Waals surface area contributed by atoms with E-state index in [0.717, 1.165) is 4.47 Å². The number of halogens is 3. The van der Waals surface area contributed by atoms with E-state index in [9.17, 15) is 8.42 Å². The summed E-state index contributed by atoms with van der Waals surface area (Å²) in [5, 5.41) is 0.452. The minimum absolute atomic E-state index is 0.00986. The van der Waals surface area contributed by atoms with E-state index in [-0.39, 0.29) is 9.92 Å². The van der Waals surface area contributed by atoms with Crippen molar-refractivity contribution in [2.45, 2.75) is 4.90 Å². The molecule has 0 aliphatic heterocycles. The quantitative estimate of drug-likeness (QED) is 0.848. The SMILES string of the molecule is O=S(=O)(Nc1ccc(Br)cc1Cl)c1ccccc1Cl. The molecule has 1 N–H and O–H groups in total. The molecule has 0 saturated heterocycles. The largest absolute Gasteiger partial charge is 0.278 e. The van der Waals surface area contributed by atoms with Gasteiger partial charge in [-0.05, 0) is 30.3 Å². The van der Waals surface area contributed by atoms with Crippen LogP contribution in [0.3, 0.4) is 0 Å². The number of benzene rings is 2. The maximum atomic E-state index is 12.2. The third kappa shape index (κ3) is 3.42. The molecule has 0 saturated carbocycles. The van der Waals surface area contributed by atoms with Gasteiger partial charge in [-0.15, -0.1) is 0 Å². The summed E-state index contributed by atoms with van der Waals surface area (Å²) in [7, 11) is -3.76. The Balaban J connectivity index is 2.40. The zero-order valence-corrected chi connectivity index (χ0v) is 13.3. The molecule has 19 heavy (non-hydrogen) atoms. The van der Waals surface area contributed by atoms with Crippen LogP contribution in [-0.4, -0.2) is 8.42 Å². The topological polar surface area (TPSA) is 46.2 Å². The molecule has 0 unspecified atom stereocenters. The molecule has 0 spiro atoms. The van der Waals surface area contributed by atoms with Gasteiger partial charge < -0.3 is 0 Å². The number of nitrogens with one attached hydrogen (secondary N) is 1. The molecule has 0 aliphatic carbocycles. The summed E-state index contributed by atoms with van der Waals surface area (Å²) in [6, 6.07) is 11.1. The van der Waals surface area contributed by atoms with Gasteiger partial charge in [-0.1, -0.05) is 51.3 Å². The van der Waals surface area contributed by atoms with Crippen molar-refractivity contribution >= 4 is 54.8 Å². The van der Waals surface area contributed by atoms with Crippen molar-refractivity contribution < 1.29 is 8.42 Å². The Morgan fingerprint density at radius 1 is 1.00 bits per heavy atom. The van der Waals surface area contributed by atoms with Crippen molar-refractivity contribution in [1.29, 1.82) is 0 Å². The first-order chi connectivity index (χ1) is 8.90. The van der Waals surface area contributed by atoms with E-state index < -0.39 is 10.0 Å². The molecule has 3 nitrogen and oxygen atoms in total. The number of sulfonamides is 1. The minimum atomic E-state index is -3.76. The molecule has 0 aliphatic rings. The lowest BCUT2D eigenvalue weighted by Gasteiger charge is -2.10. The molecule has 2 rings (SSSR count). The van der Waals surface area contributed by atoms with Crippen molar-refractivity contribution in [3.05, 3.63) is 57.0 Å². The van der Waals surface area contributed by atoms with E-state index in [0.29, 0.717) is 10.7 Å². The summed E-state index contributed by atoms with van der Waals surface area (Å²) in [6.45, 7) is 0. The molecule has 0 fully saturated rings. The number of rotatable bonds is 3. The molecule has 0 heterocycles. The standard InChI is InChI=1S/C12H8BrCl2NO2S/c13-8-5-6-11(10(15)7-8)16-19(17,18)12-4-2-1-3-9(12)14/h1-7,16H. The average Bonchev–Trinajstić information content (AvgIpc) is 2.33. The van der Waals surface area contributed by atoms with Gasteiger partial charge in [0, 0.05) is 4.47 Å². The van der Waals surface area contributed by atoms with Crippen LogP contribution in [0.15, 0.2) is 51.8 Å². The first kappa shape index (κ1) is 14.7. The van der Waals surface area contributed by atoms with Gasteiger partial charge in [0.1, 0.15) is 4.90 Å². The van der Waals surface area contributed by atoms with Crippen LogP contribution in [0.4, 0.5) is 5.69 Å². The van der Waals surface area contributed by atoms with Gasteiger partial charge in [0.25, 0.3) is 10.0 Å². The number of hydrogen-bond acceptors (Lipinski definition) is 2. The van der Waals surface area contributed by atoms with Gasteiger partial charge in [0.05, 0.1) is 15.7 Å². The highest BCUT2D eigenvalue weighted by Gasteiger charge is 2.18. The summed E-state index contributed by atoms with van der Waals surface area (Å²) in [5.41, 5.74) is 0.296. The van der Waals surface area contributed by atoms with Crippen molar-refractivity contribution in [2.75, 3.05) is 4.72 Å². The molecule has 7 heteroatoms. The van der Waals surface area contributed by atoms with Crippen molar-refractivity contribution in [2.24, 2.45) is 0 Å². The van der Waals surface area contributed by atoms with E-state index in [1.165, 1.54) is 12.1 Å². The van der Waals surface area contributed by atoms with Gasteiger partial charge in [-0.2, -0.15) is 0 Å². The molecule has 2 aromatic carbocycles. The van der Waals surface area contributed by atoms with E-state index >= 15 is 0 Å². The highest BCUT2D eigenvalue weighted by atomic mass is 79.9. The second-order valence-corrected chi connectivity index (χ2v) is 7.04. The maximum Gasteiger partial charge on any atom is 0.263 e. The summed E-state index contributed by atoms with van der Waals surface area (Å²) in [4.78, 5) is 0.00986. The predicted molar refractivity (Wildman–Crippen MR) is 81.4 cm³/mol. The fourth-order valence-corrected chi connectivity index (χ4v) is 3.81. The zero-order valence-electron chi connectivity index (χ0n) is 9.40. The van der Waals surface area contributed by atoms with Crippen LogP contribution in [0.2, 0.25) is 10.0 Å². The second-order valence-electron chi connectivity index (χ2n) is 3.66. The smallest absolute Gasteiger partial charge is 0.263 e. The molecular weight excluding hydrogens is 373 g/mol. The zero-order chi connectivity index (χ0) is 14.0. The van der Waals surface area contributed by atoms with Crippen molar-refractivity contribution in [1.82, 2.24) is 0 Å². The lowest BCUT2D eigenvalue weighted by molar-refractivity contribution is 0.601. The first-order valence-electron chi connectivity index (χ1n) is 5.12. The fraction of sp³-hybridized carbons (Fsp3) is 0. The summed E-state index contributed by atoms with van der Waals surface area (Å²) in [6.07, 6.45) is 0. The fourth-order valence-electron chi connectivity index (χ4n) is 1.43. The lowest BCUT2D eigenvalue weighted by atomic mass is 10.3. The first-order valence-corrected chi connectivity index (χ1v) is 8.16. The molecule has 2 aromatic rings. The molecule has 0 aromatic heterocycles. The number of hydrogen-bond donors (Lipinski definition) is 1. The monoisotopic (exact) mass is 379 g/mol. The highest BCUT2D eigenvalue weighted by molar-refractivity contribution is 9.10. The minimum Gasteiger partial charge on any atom is -0.278 e.